The predicted octanol–water partition coefficient (Wildman–Crippen LogP) is 2.36. The fraction of sp³-hybridized carbons (Fsp3) is 0.769. The van der Waals surface area contributed by atoms with Gasteiger partial charge < -0.3 is 10.3 Å². The van der Waals surface area contributed by atoms with E-state index in [1.54, 1.807) is 0 Å². The molecule has 0 aliphatic carbocycles. The average Bonchev–Trinajstić information content (AvgIpc) is 2.61. The summed E-state index contributed by atoms with van der Waals surface area (Å²) in [6.45, 7) is 5.51. The molecule has 2 rings (SSSR count). The standard InChI is InChI=1S/C13H23N3/c1-3-6-12-10(2)15-13(16-12)9-11-7-4-5-8-14-11/h11,14H,3-9H2,1-2H3,(H,15,16). The number of hydrogen-bond donors (Lipinski definition) is 2. The minimum Gasteiger partial charge on any atom is -0.346 e. The summed E-state index contributed by atoms with van der Waals surface area (Å²) in [5.74, 6) is 1.17. The van der Waals surface area contributed by atoms with Crippen molar-refractivity contribution in [3.63, 3.8) is 0 Å². The second-order valence-corrected chi connectivity index (χ2v) is 4.86. The summed E-state index contributed by atoms with van der Waals surface area (Å²) < 4.78 is 0. The second kappa shape index (κ2) is 5.48. The first kappa shape index (κ1) is 11.6. The van der Waals surface area contributed by atoms with Gasteiger partial charge in [0.15, 0.2) is 0 Å². The van der Waals surface area contributed by atoms with Gasteiger partial charge in [-0.1, -0.05) is 19.8 Å². The lowest BCUT2D eigenvalue weighted by Crippen LogP contribution is -2.35. The van der Waals surface area contributed by atoms with Gasteiger partial charge in [-0.15, -0.1) is 0 Å². The molecule has 1 aliphatic heterocycles. The van der Waals surface area contributed by atoms with Crippen LogP contribution in [0.1, 0.15) is 49.8 Å². The Bertz CT molecular complexity index is 324. The van der Waals surface area contributed by atoms with Crippen LogP contribution in [0.2, 0.25) is 0 Å². The van der Waals surface area contributed by atoms with Gasteiger partial charge in [0.2, 0.25) is 0 Å². The van der Waals surface area contributed by atoms with E-state index in [0.717, 1.165) is 12.8 Å². The first-order chi connectivity index (χ1) is 7.79. The Morgan fingerprint density at radius 1 is 1.38 bits per heavy atom. The second-order valence-electron chi connectivity index (χ2n) is 4.86. The van der Waals surface area contributed by atoms with Crippen molar-refractivity contribution in [1.29, 1.82) is 0 Å². The largest absolute Gasteiger partial charge is 0.346 e. The van der Waals surface area contributed by atoms with E-state index in [2.05, 4.69) is 24.1 Å². The van der Waals surface area contributed by atoms with E-state index in [1.807, 2.05) is 0 Å². The molecule has 90 valence electrons. The van der Waals surface area contributed by atoms with Crippen molar-refractivity contribution in [2.24, 2.45) is 0 Å². The highest BCUT2D eigenvalue weighted by molar-refractivity contribution is 5.13. The molecular weight excluding hydrogens is 198 g/mol. The molecule has 0 aromatic carbocycles. The maximum Gasteiger partial charge on any atom is 0.108 e. The van der Waals surface area contributed by atoms with Gasteiger partial charge >= 0.3 is 0 Å². The van der Waals surface area contributed by atoms with Crippen LogP contribution < -0.4 is 5.32 Å². The third kappa shape index (κ3) is 2.85. The molecule has 0 radical (unpaired) electrons. The Balaban J connectivity index is 1.95. The zero-order valence-electron chi connectivity index (χ0n) is 10.5. The summed E-state index contributed by atoms with van der Waals surface area (Å²) in [6, 6.07) is 0.633. The van der Waals surface area contributed by atoms with Crippen LogP contribution in [0.5, 0.6) is 0 Å². The molecule has 0 saturated carbocycles. The summed E-state index contributed by atoms with van der Waals surface area (Å²) in [4.78, 5) is 8.12. The maximum atomic E-state index is 4.70. The van der Waals surface area contributed by atoms with E-state index in [1.165, 1.54) is 49.4 Å². The smallest absolute Gasteiger partial charge is 0.108 e. The zero-order chi connectivity index (χ0) is 11.4. The van der Waals surface area contributed by atoms with Crippen molar-refractivity contribution in [2.45, 2.75) is 58.4 Å². The Morgan fingerprint density at radius 2 is 2.25 bits per heavy atom. The normalized spacial score (nSPS) is 21.2. The van der Waals surface area contributed by atoms with Crippen LogP contribution in [0.25, 0.3) is 0 Å². The Morgan fingerprint density at radius 3 is 2.94 bits per heavy atom. The van der Waals surface area contributed by atoms with E-state index in [0.29, 0.717) is 6.04 Å². The molecule has 2 N–H and O–H groups in total. The van der Waals surface area contributed by atoms with Gasteiger partial charge in [-0.25, -0.2) is 4.98 Å². The number of H-pyrrole nitrogens is 1. The van der Waals surface area contributed by atoms with Gasteiger partial charge in [0.25, 0.3) is 0 Å². The molecule has 1 fully saturated rings. The highest BCUT2D eigenvalue weighted by Crippen LogP contribution is 2.13. The van der Waals surface area contributed by atoms with Gasteiger partial charge in [-0.05, 0) is 32.7 Å². The number of rotatable bonds is 4. The van der Waals surface area contributed by atoms with Crippen LogP contribution >= 0.6 is 0 Å². The lowest BCUT2D eigenvalue weighted by atomic mass is 10.0. The summed E-state index contributed by atoms with van der Waals surface area (Å²) >= 11 is 0. The molecule has 1 aromatic heterocycles. The van der Waals surface area contributed by atoms with E-state index in [9.17, 15) is 0 Å². The van der Waals surface area contributed by atoms with Crippen LogP contribution in [0.3, 0.4) is 0 Å². The minimum atomic E-state index is 0.633. The SMILES string of the molecule is CCCc1nc(CC2CCCCN2)[nH]c1C. The van der Waals surface area contributed by atoms with Crippen LogP contribution in [0.4, 0.5) is 0 Å². The number of aromatic amines is 1. The molecule has 3 nitrogen and oxygen atoms in total. The highest BCUT2D eigenvalue weighted by atomic mass is 15.0. The average molecular weight is 221 g/mol. The summed E-state index contributed by atoms with van der Waals surface area (Å²) in [7, 11) is 0. The van der Waals surface area contributed by atoms with Crippen molar-refractivity contribution >= 4 is 0 Å². The number of piperidine rings is 1. The van der Waals surface area contributed by atoms with Gasteiger partial charge in [0.1, 0.15) is 5.82 Å². The molecule has 0 amide bonds. The molecule has 2 heterocycles. The number of aryl methyl sites for hydroxylation is 2. The Labute approximate surface area is 98.1 Å². The van der Waals surface area contributed by atoms with Gasteiger partial charge in [-0.2, -0.15) is 0 Å². The Kier molecular flexibility index (Phi) is 3.99. The van der Waals surface area contributed by atoms with E-state index >= 15 is 0 Å². The van der Waals surface area contributed by atoms with Crippen molar-refractivity contribution < 1.29 is 0 Å². The van der Waals surface area contributed by atoms with E-state index in [4.69, 9.17) is 4.98 Å². The number of nitrogens with zero attached hydrogens (tertiary/aromatic N) is 1. The van der Waals surface area contributed by atoms with E-state index < -0.39 is 0 Å². The van der Waals surface area contributed by atoms with Crippen LogP contribution in [0, 0.1) is 6.92 Å². The fourth-order valence-electron chi connectivity index (χ4n) is 2.47. The summed E-state index contributed by atoms with van der Waals surface area (Å²) in [5, 5.41) is 3.57. The third-order valence-corrected chi connectivity index (χ3v) is 3.37. The van der Waals surface area contributed by atoms with Crippen molar-refractivity contribution in [3.05, 3.63) is 17.2 Å². The third-order valence-electron chi connectivity index (χ3n) is 3.37. The first-order valence-corrected chi connectivity index (χ1v) is 6.57. The molecule has 1 saturated heterocycles. The number of imidazole rings is 1. The molecule has 1 unspecified atom stereocenters. The minimum absolute atomic E-state index is 0.633. The molecule has 0 bridgehead atoms. The first-order valence-electron chi connectivity index (χ1n) is 6.57. The van der Waals surface area contributed by atoms with Crippen LogP contribution in [-0.4, -0.2) is 22.6 Å². The molecule has 16 heavy (non-hydrogen) atoms. The lowest BCUT2D eigenvalue weighted by molar-refractivity contribution is 0.395. The Hall–Kier alpha value is -0.830. The van der Waals surface area contributed by atoms with Gasteiger partial charge in [0, 0.05) is 18.2 Å². The number of hydrogen-bond acceptors (Lipinski definition) is 2. The van der Waals surface area contributed by atoms with Crippen molar-refractivity contribution in [3.8, 4) is 0 Å². The monoisotopic (exact) mass is 221 g/mol. The molecule has 1 atom stereocenters. The van der Waals surface area contributed by atoms with Crippen LogP contribution in [0.15, 0.2) is 0 Å². The molecular formula is C13H23N3. The zero-order valence-corrected chi connectivity index (χ0v) is 10.5. The predicted molar refractivity (Wildman–Crippen MR) is 66.7 cm³/mol. The van der Waals surface area contributed by atoms with E-state index in [-0.39, 0.29) is 0 Å². The number of aromatic nitrogens is 2. The number of nitrogens with one attached hydrogen (secondary N) is 2. The van der Waals surface area contributed by atoms with Gasteiger partial charge in [-0.3, -0.25) is 0 Å². The summed E-state index contributed by atoms with van der Waals surface area (Å²) in [6.07, 6.45) is 7.31. The van der Waals surface area contributed by atoms with Gasteiger partial charge in [0.05, 0.1) is 5.69 Å². The molecule has 3 heteroatoms. The summed E-state index contributed by atoms with van der Waals surface area (Å²) in [5.41, 5.74) is 2.51. The molecule has 1 aliphatic rings. The van der Waals surface area contributed by atoms with Crippen molar-refractivity contribution in [1.82, 2.24) is 15.3 Å². The highest BCUT2D eigenvalue weighted by Gasteiger charge is 2.15. The topological polar surface area (TPSA) is 40.7 Å². The quantitative estimate of drug-likeness (QED) is 0.819. The molecule has 0 spiro atoms. The lowest BCUT2D eigenvalue weighted by Gasteiger charge is -2.22. The van der Waals surface area contributed by atoms with Crippen LogP contribution in [-0.2, 0) is 12.8 Å². The fourth-order valence-corrected chi connectivity index (χ4v) is 2.47. The van der Waals surface area contributed by atoms with Crippen molar-refractivity contribution in [2.75, 3.05) is 6.54 Å². The molecule has 1 aromatic rings. The maximum absolute atomic E-state index is 4.70.